The summed E-state index contributed by atoms with van der Waals surface area (Å²) >= 11 is 10.2. The van der Waals surface area contributed by atoms with Crippen LogP contribution in [-0.4, -0.2) is 21.4 Å². The monoisotopic (exact) mass is 456 g/mol. The molecule has 0 radical (unpaired) electrons. The largest absolute Gasteiger partial charge is 0.323 e. The first kappa shape index (κ1) is 22.5. The number of pyridine rings is 1. The van der Waals surface area contributed by atoms with Gasteiger partial charge in [0, 0.05) is 34.3 Å². The van der Waals surface area contributed by atoms with Gasteiger partial charge in [-0.25, -0.2) is 4.79 Å². The number of rotatable bonds is 6. The smallest absolute Gasteiger partial charge is 0.320 e. The van der Waals surface area contributed by atoms with E-state index >= 15 is 0 Å². The molecule has 3 aromatic rings. The average Bonchev–Trinajstić information content (AvgIpc) is 2.76. The lowest BCUT2D eigenvalue weighted by molar-refractivity contribution is -0.119. The molecule has 1 heterocycles. The van der Waals surface area contributed by atoms with E-state index in [4.69, 9.17) is 11.6 Å². The summed E-state index contributed by atoms with van der Waals surface area (Å²) in [5.41, 5.74) is 1.54. The Morgan fingerprint density at radius 1 is 0.968 bits per heavy atom. The first-order valence-electron chi connectivity index (χ1n) is 9.47. The fraction of sp³-hybridized carbons (Fsp3) is 0.136. The molecule has 3 amide bonds. The lowest BCUT2D eigenvalue weighted by atomic mass is 10.2. The summed E-state index contributed by atoms with van der Waals surface area (Å²) in [4.78, 5) is 35.6. The van der Waals surface area contributed by atoms with Crippen LogP contribution in [0.3, 0.4) is 0 Å². The number of nitrogens with zero attached hydrogens (tertiary/aromatic N) is 1. The first-order chi connectivity index (χ1) is 14.8. The number of anilines is 2. The van der Waals surface area contributed by atoms with Crippen LogP contribution in [0.25, 0.3) is 5.69 Å². The number of thiol groups is 1. The Morgan fingerprint density at radius 3 is 2.19 bits per heavy atom. The summed E-state index contributed by atoms with van der Waals surface area (Å²) in [6.07, 6.45) is 1.91. The van der Waals surface area contributed by atoms with Gasteiger partial charge in [0.1, 0.15) is 0 Å². The van der Waals surface area contributed by atoms with E-state index in [-0.39, 0.29) is 12.0 Å². The number of nitrogens with one attached hydrogen (secondary N) is 3. The predicted molar refractivity (Wildman–Crippen MR) is 126 cm³/mol. The summed E-state index contributed by atoms with van der Waals surface area (Å²) in [5, 5.41) is 8.52. The highest BCUT2D eigenvalue weighted by molar-refractivity contribution is 7.82. The number of halogens is 1. The maximum Gasteiger partial charge on any atom is 0.320 e. The molecule has 0 fully saturated rings. The molecule has 1 atom stereocenters. The van der Waals surface area contributed by atoms with Gasteiger partial charge in [0.05, 0.1) is 0 Å². The first-order valence-corrected chi connectivity index (χ1v) is 10.3. The average molecular weight is 457 g/mol. The van der Waals surface area contributed by atoms with Crippen LogP contribution >= 0.6 is 24.2 Å². The molecule has 160 valence electrons. The standard InChI is InChI=1S/C22H21ClN4O3S/c1-2-22(31,26-21(30)25-17-8-6-15(23)7-9-17)20(29)24-16-10-12-18(13-11-16)27-14-4-3-5-19(27)28/h3-14,31H,2H2,1H3,(H,24,29)(H2,25,26,30). The van der Waals surface area contributed by atoms with E-state index in [9.17, 15) is 14.4 Å². The molecule has 0 saturated heterocycles. The SMILES string of the molecule is CCC(S)(NC(=O)Nc1ccc(Cl)cc1)C(=O)Nc1ccc(-n2ccccc2=O)cc1. The molecular formula is C22H21ClN4O3S. The maximum atomic E-state index is 12.8. The minimum absolute atomic E-state index is 0.157. The van der Waals surface area contributed by atoms with Crippen LogP contribution in [-0.2, 0) is 4.79 Å². The number of carbonyl (C=O) groups excluding carboxylic acids is 2. The Kier molecular flexibility index (Phi) is 7.04. The molecule has 31 heavy (non-hydrogen) atoms. The fourth-order valence-corrected chi connectivity index (χ4v) is 3.05. The number of aromatic nitrogens is 1. The lowest BCUT2D eigenvalue weighted by Gasteiger charge is -2.27. The van der Waals surface area contributed by atoms with Crippen molar-refractivity contribution < 1.29 is 9.59 Å². The minimum Gasteiger partial charge on any atom is -0.323 e. The number of benzene rings is 2. The third-order valence-electron chi connectivity index (χ3n) is 4.54. The van der Waals surface area contributed by atoms with Crippen LogP contribution in [0.4, 0.5) is 16.2 Å². The van der Waals surface area contributed by atoms with Crippen molar-refractivity contribution in [2.24, 2.45) is 0 Å². The number of urea groups is 1. The summed E-state index contributed by atoms with van der Waals surface area (Å²) in [6.45, 7) is 1.74. The van der Waals surface area contributed by atoms with E-state index in [1.54, 1.807) is 73.8 Å². The van der Waals surface area contributed by atoms with Crippen molar-refractivity contribution in [3.63, 3.8) is 0 Å². The van der Waals surface area contributed by atoms with Crippen molar-refractivity contribution >= 4 is 47.5 Å². The third-order valence-corrected chi connectivity index (χ3v) is 5.42. The minimum atomic E-state index is -1.44. The Bertz CT molecular complexity index is 1130. The molecule has 3 rings (SSSR count). The van der Waals surface area contributed by atoms with E-state index in [1.807, 2.05) is 0 Å². The Hall–Kier alpha value is -3.23. The van der Waals surface area contributed by atoms with Crippen molar-refractivity contribution in [3.05, 3.63) is 88.3 Å². The fourth-order valence-electron chi connectivity index (χ4n) is 2.77. The van der Waals surface area contributed by atoms with Crippen molar-refractivity contribution in [1.82, 2.24) is 9.88 Å². The number of carbonyl (C=O) groups is 2. The summed E-state index contributed by atoms with van der Waals surface area (Å²) in [7, 11) is 0. The van der Waals surface area contributed by atoms with Gasteiger partial charge in [-0.3, -0.25) is 14.2 Å². The van der Waals surface area contributed by atoms with Gasteiger partial charge >= 0.3 is 6.03 Å². The van der Waals surface area contributed by atoms with Crippen LogP contribution in [0.1, 0.15) is 13.3 Å². The summed E-state index contributed by atoms with van der Waals surface area (Å²) in [5.74, 6) is -0.491. The van der Waals surface area contributed by atoms with E-state index < -0.39 is 16.8 Å². The molecule has 0 aliphatic carbocycles. The number of hydrogen-bond donors (Lipinski definition) is 4. The van der Waals surface area contributed by atoms with Gasteiger partial charge in [-0.1, -0.05) is 24.6 Å². The van der Waals surface area contributed by atoms with Crippen LogP contribution in [0.15, 0.2) is 77.7 Å². The van der Waals surface area contributed by atoms with Crippen molar-refractivity contribution in [2.45, 2.75) is 18.2 Å². The van der Waals surface area contributed by atoms with Crippen LogP contribution in [0, 0.1) is 0 Å². The molecule has 7 nitrogen and oxygen atoms in total. The van der Waals surface area contributed by atoms with Crippen molar-refractivity contribution in [1.29, 1.82) is 0 Å². The molecular weight excluding hydrogens is 436 g/mol. The van der Waals surface area contributed by atoms with Crippen molar-refractivity contribution in [3.8, 4) is 5.69 Å². The van der Waals surface area contributed by atoms with Gasteiger partial charge in [-0.2, -0.15) is 0 Å². The zero-order valence-corrected chi connectivity index (χ0v) is 18.3. The second kappa shape index (κ2) is 9.72. The van der Waals surface area contributed by atoms with E-state index in [0.29, 0.717) is 22.1 Å². The van der Waals surface area contributed by atoms with E-state index in [1.165, 1.54) is 10.6 Å². The molecule has 2 aromatic carbocycles. The van der Waals surface area contributed by atoms with Crippen molar-refractivity contribution in [2.75, 3.05) is 10.6 Å². The second-order valence-electron chi connectivity index (χ2n) is 6.71. The van der Waals surface area contributed by atoms with E-state index in [0.717, 1.165) is 0 Å². The Balaban J connectivity index is 1.66. The van der Waals surface area contributed by atoms with Gasteiger partial charge in [-0.05, 0) is 61.0 Å². The summed E-state index contributed by atoms with van der Waals surface area (Å²) in [6, 6.07) is 17.7. The van der Waals surface area contributed by atoms with Crippen LogP contribution in [0.2, 0.25) is 5.02 Å². The summed E-state index contributed by atoms with van der Waals surface area (Å²) < 4.78 is 1.49. The topological polar surface area (TPSA) is 92.2 Å². The zero-order valence-electron chi connectivity index (χ0n) is 16.6. The molecule has 0 saturated carbocycles. The zero-order chi connectivity index (χ0) is 22.4. The maximum absolute atomic E-state index is 12.8. The molecule has 3 N–H and O–H groups in total. The molecule has 0 spiro atoms. The molecule has 0 aliphatic rings. The number of hydrogen-bond acceptors (Lipinski definition) is 4. The quantitative estimate of drug-likeness (QED) is 0.329. The van der Waals surface area contributed by atoms with Gasteiger partial charge in [0.15, 0.2) is 4.87 Å². The predicted octanol–water partition coefficient (Wildman–Crippen LogP) is 4.29. The van der Waals surface area contributed by atoms with Gasteiger partial charge in [0.25, 0.3) is 11.5 Å². The molecule has 1 aromatic heterocycles. The normalized spacial score (nSPS) is 12.5. The lowest BCUT2D eigenvalue weighted by Crippen LogP contribution is -2.53. The molecule has 0 bridgehead atoms. The third kappa shape index (κ3) is 5.68. The molecule has 0 aliphatic heterocycles. The highest BCUT2D eigenvalue weighted by atomic mass is 35.5. The van der Waals surface area contributed by atoms with Crippen LogP contribution < -0.4 is 21.5 Å². The Labute approximate surface area is 189 Å². The molecule has 1 unspecified atom stereocenters. The Morgan fingerprint density at radius 2 is 1.58 bits per heavy atom. The van der Waals surface area contributed by atoms with Crippen LogP contribution in [0.5, 0.6) is 0 Å². The second-order valence-corrected chi connectivity index (χ2v) is 7.91. The van der Waals surface area contributed by atoms with Gasteiger partial charge in [-0.15, -0.1) is 12.6 Å². The van der Waals surface area contributed by atoms with Gasteiger partial charge in [0.2, 0.25) is 0 Å². The van der Waals surface area contributed by atoms with E-state index in [2.05, 4.69) is 28.6 Å². The van der Waals surface area contributed by atoms with Gasteiger partial charge < -0.3 is 16.0 Å². The highest BCUT2D eigenvalue weighted by Gasteiger charge is 2.34. The number of amides is 3. The highest BCUT2D eigenvalue weighted by Crippen LogP contribution is 2.21. The molecule has 9 heteroatoms.